The zero-order valence-electron chi connectivity index (χ0n) is 12.5. The van der Waals surface area contributed by atoms with Crippen LogP contribution in [0.2, 0.25) is 0 Å². The van der Waals surface area contributed by atoms with E-state index in [1.54, 1.807) is 12.1 Å². The maximum absolute atomic E-state index is 12.7. The third-order valence-electron chi connectivity index (χ3n) is 4.96. The Hall–Kier alpha value is -2.36. The third-order valence-corrected chi connectivity index (χ3v) is 4.96. The second kappa shape index (κ2) is 4.83. The minimum Gasteiger partial charge on any atom is -0.437 e. The normalized spacial score (nSPS) is 16.8. The number of anilines is 1. The van der Waals surface area contributed by atoms with Crippen molar-refractivity contribution >= 4 is 27.9 Å². The number of hydrogen-bond donors (Lipinski definition) is 1. The van der Waals surface area contributed by atoms with Gasteiger partial charge in [0.05, 0.1) is 10.8 Å². The van der Waals surface area contributed by atoms with Crippen molar-refractivity contribution in [3.05, 3.63) is 46.1 Å². The van der Waals surface area contributed by atoms with Crippen molar-refractivity contribution in [3.63, 3.8) is 0 Å². The van der Waals surface area contributed by atoms with Gasteiger partial charge in [0.25, 0.3) is 0 Å². The van der Waals surface area contributed by atoms with Gasteiger partial charge in [-0.05, 0) is 54.5 Å². The smallest absolute Gasteiger partial charge is 0.232 e. The van der Waals surface area contributed by atoms with Gasteiger partial charge in [0.2, 0.25) is 11.1 Å². The predicted octanol–water partition coefficient (Wildman–Crippen LogP) is 3.83. The van der Waals surface area contributed by atoms with Crippen molar-refractivity contribution in [2.45, 2.75) is 32.1 Å². The van der Waals surface area contributed by atoms with Crippen molar-refractivity contribution < 1.29 is 4.42 Å². The second-order valence-corrected chi connectivity index (χ2v) is 6.26. The average Bonchev–Trinajstić information content (AvgIpc) is 2.45. The first kappa shape index (κ1) is 13.3. The largest absolute Gasteiger partial charge is 0.437 e. The molecular weight excluding hydrogens is 276 g/mol. The SMILES string of the molecule is CC(c1ccc2oc3nc(N)ccc3c(=O)c2c1)C1CCC1. The lowest BCUT2D eigenvalue weighted by atomic mass is 9.74. The lowest BCUT2D eigenvalue weighted by Gasteiger charge is -2.31. The summed E-state index contributed by atoms with van der Waals surface area (Å²) in [5, 5.41) is 1.11. The molecule has 22 heavy (non-hydrogen) atoms. The Morgan fingerprint density at radius 2 is 2.05 bits per heavy atom. The van der Waals surface area contributed by atoms with Gasteiger partial charge in [0.1, 0.15) is 11.4 Å². The average molecular weight is 294 g/mol. The van der Waals surface area contributed by atoms with Crippen LogP contribution >= 0.6 is 0 Å². The molecule has 4 rings (SSSR count). The van der Waals surface area contributed by atoms with E-state index in [0.29, 0.717) is 33.8 Å². The molecule has 2 aromatic heterocycles. The molecule has 0 spiro atoms. The number of fused-ring (bicyclic) bond motifs is 2. The second-order valence-electron chi connectivity index (χ2n) is 6.26. The lowest BCUT2D eigenvalue weighted by molar-refractivity contribution is 0.272. The molecule has 0 bridgehead atoms. The summed E-state index contributed by atoms with van der Waals surface area (Å²) in [6.45, 7) is 2.25. The first-order chi connectivity index (χ1) is 10.6. The van der Waals surface area contributed by atoms with E-state index in [-0.39, 0.29) is 5.43 Å². The summed E-state index contributed by atoms with van der Waals surface area (Å²) >= 11 is 0. The summed E-state index contributed by atoms with van der Waals surface area (Å²) < 4.78 is 5.75. The van der Waals surface area contributed by atoms with Gasteiger partial charge < -0.3 is 10.2 Å². The Morgan fingerprint density at radius 1 is 1.23 bits per heavy atom. The highest BCUT2D eigenvalue weighted by Crippen LogP contribution is 2.39. The van der Waals surface area contributed by atoms with Crippen molar-refractivity contribution in [3.8, 4) is 0 Å². The number of nitrogen functional groups attached to an aromatic ring is 1. The standard InChI is InChI=1S/C18H18N2O2/c1-10(11-3-2-4-11)12-5-7-15-14(9-12)17(21)13-6-8-16(19)20-18(13)22-15/h5-11H,2-4H2,1H3,(H2,19,20). The van der Waals surface area contributed by atoms with Crippen LogP contribution < -0.4 is 11.2 Å². The van der Waals surface area contributed by atoms with Gasteiger partial charge in [-0.2, -0.15) is 4.98 Å². The van der Waals surface area contributed by atoms with E-state index in [1.807, 2.05) is 12.1 Å². The zero-order valence-corrected chi connectivity index (χ0v) is 12.5. The van der Waals surface area contributed by atoms with Crippen LogP contribution in [-0.2, 0) is 0 Å². The third kappa shape index (κ3) is 1.98. The fourth-order valence-electron chi connectivity index (χ4n) is 3.26. The summed E-state index contributed by atoms with van der Waals surface area (Å²) in [4.78, 5) is 16.8. The predicted molar refractivity (Wildman–Crippen MR) is 88.0 cm³/mol. The molecule has 1 atom stereocenters. The van der Waals surface area contributed by atoms with Crippen LogP contribution in [0.15, 0.2) is 39.5 Å². The van der Waals surface area contributed by atoms with Crippen LogP contribution in [0.4, 0.5) is 5.82 Å². The zero-order chi connectivity index (χ0) is 15.3. The van der Waals surface area contributed by atoms with E-state index in [9.17, 15) is 4.79 Å². The van der Waals surface area contributed by atoms with Crippen LogP contribution in [0.5, 0.6) is 0 Å². The number of pyridine rings is 1. The number of hydrogen-bond acceptors (Lipinski definition) is 4. The van der Waals surface area contributed by atoms with Crippen LogP contribution in [-0.4, -0.2) is 4.98 Å². The Bertz CT molecular complexity index is 925. The van der Waals surface area contributed by atoms with E-state index in [1.165, 1.54) is 24.8 Å². The lowest BCUT2D eigenvalue weighted by Crippen LogP contribution is -2.18. The van der Waals surface area contributed by atoms with Crippen LogP contribution in [0, 0.1) is 5.92 Å². The Morgan fingerprint density at radius 3 is 2.77 bits per heavy atom. The van der Waals surface area contributed by atoms with Crippen molar-refractivity contribution in [1.82, 2.24) is 4.98 Å². The van der Waals surface area contributed by atoms with E-state index in [0.717, 1.165) is 5.92 Å². The fraction of sp³-hybridized carbons (Fsp3) is 0.333. The molecule has 3 aromatic rings. The molecule has 0 saturated heterocycles. The molecule has 2 heterocycles. The minimum absolute atomic E-state index is 0.0357. The van der Waals surface area contributed by atoms with Crippen LogP contribution in [0.25, 0.3) is 22.1 Å². The van der Waals surface area contributed by atoms with Gasteiger partial charge in [-0.1, -0.05) is 19.4 Å². The summed E-state index contributed by atoms with van der Waals surface area (Å²) in [7, 11) is 0. The maximum atomic E-state index is 12.7. The summed E-state index contributed by atoms with van der Waals surface area (Å²) in [6.07, 6.45) is 3.89. The molecule has 0 amide bonds. The van der Waals surface area contributed by atoms with Crippen LogP contribution in [0.1, 0.15) is 37.7 Å². The summed E-state index contributed by atoms with van der Waals surface area (Å²) in [5.41, 5.74) is 7.72. The molecule has 4 heteroatoms. The molecule has 1 aliphatic carbocycles. The number of rotatable bonds is 2. The highest BCUT2D eigenvalue weighted by Gasteiger charge is 2.25. The molecule has 1 unspecified atom stereocenters. The van der Waals surface area contributed by atoms with Gasteiger partial charge in [-0.25, -0.2) is 0 Å². The molecule has 1 aliphatic rings. The molecular formula is C18H18N2O2. The number of nitrogens with zero attached hydrogens (tertiary/aromatic N) is 1. The van der Waals surface area contributed by atoms with Crippen molar-refractivity contribution in [2.75, 3.05) is 5.73 Å². The summed E-state index contributed by atoms with van der Waals surface area (Å²) in [5.74, 6) is 1.58. The molecule has 0 aliphatic heterocycles. The van der Waals surface area contributed by atoms with Crippen molar-refractivity contribution in [2.24, 2.45) is 5.92 Å². The minimum atomic E-state index is -0.0357. The van der Waals surface area contributed by atoms with Crippen molar-refractivity contribution in [1.29, 1.82) is 0 Å². The molecule has 1 fully saturated rings. The molecule has 1 aromatic carbocycles. The van der Waals surface area contributed by atoms with E-state index < -0.39 is 0 Å². The first-order valence-electron chi connectivity index (χ1n) is 7.76. The van der Waals surface area contributed by atoms with Crippen LogP contribution in [0.3, 0.4) is 0 Å². The van der Waals surface area contributed by atoms with Gasteiger partial charge in [-0.15, -0.1) is 0 Å². The molecule has 112 valence electrons. The van der Waals surface area contributed by atoms with E-state index in [4.69, 9.17) is 10.2 Å². The number of nitrogens with two attached hydrogens (primary N) is 1. The van der Waals surface area contributed by atoms with Gasteiger partial charge in [0, 0.05) is 0 Å². The highest BCUT2D eigenvalue weighted by atomic mass is 16.3. The molecule has 2 N–H and O–H groups in total. The van der Waals surface area contributed by atoms with Gasteiger partial charge in [0.15, 0.2) is 0 Å². The fourth-order valence-corrected chi connectivity index (χ4v) is 3.26. The van der Waals surface area contributed by atoms with Gasteiger partial charge in [-0.3, -0.25) is 4.79 Å². The van der Waals surface area contributed by atoms with E-state index >= 15 is 0 Å². The molecule has 0 radical (unpaired) electrons. The van der Waals surface area contributed by atoms with Gasteiger partial charge >= 0.3 is 0 Å². The Labute approximate surface area is 128 Å². The number of benzene rings is 1. The molecule has 4 nitrogen and oxygen atoms in total. The molecule has 1 saturated carbocycles. The Balaban J connectivity index is 1.91. The Kier molecular flexibility index (Phi) is 2.93. The summed E-state index contributed by atoms with van der Waals surface area (Å²) in [6, 6.07) is 9.24. The maximum Gasteiger partial charge on any atom is 0.232 e. The quantitative estimate of drug-likeness (QED) is 0.729. The first-order valence-corrected chi connectivity index (χ1v) is 7.76. The topological polar surface area (TPSA) is 69.1 Å². The highest BCUT2D eigenvalue weighted by molar-refractivity contribution is 5.88. The number of aromatic nitrogens is 1. The van der Waals surface area contributed by atoms with E-state index in [2.05, 4.69) is 18.0 Å². The monoisotopic (exact) mass is 294 g/mol.